The van der Waals surface area contributed by atoms with Crippen molar-refractivity contribution in [2.24, 2.45) is 0 Å². The van der Waals surface area contributed by atoms with Crippen LogP contribution in [0.2, 0.25) is 0 Å². The van der Waals surface area contributed by atoms with Gasteiger partial charge >= 0.3 is 18.2 Å². The number of amides is 3. The summed E-state index contributed by atoms with van der Waals surface area (Å²) in [6.07, 6.45) is -5.08. The van der Waals surface area contributed by atoms with Crippen molar-refractivity contribution in [3.8, 4) is 0 Å². The standard InChI is InChI=1S/C24H21N5O3.C2HF3O2/c1-25-23(31)28-22-26-19-12-11-16(13-20(19)27-22)24(32)18-10-6-5-9-17(18)21(30)29(24)14-15-7-3-2-4-8-15;3-2(4,5)1(6)7/h2-13,32H,14H2,1H3,(H3,25,26,27,28,31);(H,6,7). The summed E-state index contributed by atoms with van der Waals surface area (Å²) in [5, 5.41) is 24.2. The Morgan fingerprint density at radius 2 is 1.69 bits per heavy atom. The number of aromatic nitrogens is 2. The molecule has 0 saturated carbocycles. The number of fused-ring (bicyclic) bond motifs is 2. The molecule has 13 heteroatoms. The number of hydrogen-bond acceptors (Lipinski definition) is 5. The van der Waals surface area contributed by atoms with E-state index in [1.54, 1.807) is 36.4 Å². The van der Waals surface area contributed by atoms with Crippen LogP contribution in [0.1, 0.15) is 27.0 Å². The third kappa shape index (κ3) is 5.38. The lowest BCUT2D eigenvalue weighted by molar-refractivity contribution is -0.192. The number of nitrogens with zero attached hydrogens (tertiary/aromatic N) is 2. The fraction of sp³-hybridized carbons (Fsp3) is 0.154. The molecule has 0 aliphatic carbocycles. The molecular weight excluding hydrogens is 519 g/mol. The first-order valence-corrected chi connectivity index (χ1v) is 11.4. The van der Waals surface area contributed by atoms with E-state index in [0.717, 1.165) is 5.56 Å². The number of imidazole rings is 1. The topological polar surface area (TPSA) is 148 Å². The summed E-state index contributed by atoms with van der Waals surface area (Å²) in [5.41, 5.74) is 2.00. The molecule has 5 N–H and O–H groups in total. The van der Waals surface area contributed by atoms with Gasteiger partial charge in [0.15, 0.2) is 5.72 Å². The second-order valence-electron chi connectivity index (χ2n) is 8.42. The number of aliphatic hydroxyl groups is 1. The van der Waals surface area contributed by atoms with Crippen molar-refractivity contribution in [1.82, 2.24) is 20.2 Å². The number of nitrogens with one attached hydrogen (secondary N) is 3. The lowest BCUT2D eigenvalue weighted by atomic mass is 9.93. The van der Waals surface area contributed by atoms with Crippen LogP contribution in [0.5, 0.6) is 0 Å². The van der Waals surface area contributed by atoms with E-state index in [-0.39, 0.29) is 18.4 Å². The molecule has 0 bridgehead atoms. The highest BCUT2D eigenvalue weighted by Crippen LogP contribution is 2.43. The van der Waals surface area contributed by atoms with Gasteiger partial charge in [-0.15, -0.1) is 0 Å². The number of urea groups is 1. The third-order valence-corrected chi connectivity index (χ3v) is 5.94. The number of hydrogen-bond donors (Lipinski definition) is 5. The van der Waals surface area contributed by atoms with Gasteiger partial charge in [-0.05, 0) is 23.8 Å². The van der Waals surface area contributed by atoms with E-state index >= 15 is 0 Å². The van der Waals surface area contributed by atoms with Crippen LogP contribution >= 0.6 is 0 Å². The SMILES string of the molecule is CNC(=O)Nc1nc2cc(C3(O)c4ccccc4C(=O)N3Cc3ccccc3)ccc2[nH]1.O=C(O)C(F)(F)F. The molecule has 2 heterocycles. The lowest BCUT2D eigenvalue weighted by Crippen LogP contribution is -2.44. The summed E-state index contributed by atoms with van der Waals surface area (Å²) in [4.78, 5) is 42.7. The minimum absolute atomic E-state index is 0.240. The Labute approximate surface area is 219 Å². The zero-order valence-corrected chi connectivity index (χ0v) is 20.3. The molecule has 5 rings (SSSR count). The molecule has 1 aliphatic rings. The smallest absolute Gasteiger partial charge is 0.475 e. The van der Waals surface area contributed by atoms with Crippen molar-refractivity contribution < 1.29 is 37.8 Å². The van der Waals surface area contributed by atoms with Gasteiger partial charge < -0.3 is 20.5 Å². The van der Waals surface area contributed by atoms with Gasteiger partial charge in [0.2, 0.25) is 5.95 Å². The van der Waals surface area contributed by atoms with Crippen LogP contribution in [0.3, 0.4) is 0 Å². The van der Waals surface area contributed by atoms with Gasteiger partial charge in [0.1, 0.15) is 0 Å². The number of carboxylic acid groups (broad SMARTS) is 1. The minimum Gasteiger partial charge on any atom is -0.475 e. The maximum atomic E-state index is 13.3. The Bertz CT molecular complexity index is 1540. The maximum absolute atomic E-state index is 13.3. The number of aromatic amines is 1. The molecule has 0 saturated heterocycles. The van der Waals surface area contributed by atoms with Crippen molar-refractivity contribution in [3.05, 3.63) is 95.1 Å². The first-order valence-electron chi connectivity index (χ1n) is 11.4. The van der Waals surface area contributed by atoms with Crippen LogP contribution < -0.4 is 10.6 Å². The Balaban J connectivity index is 0.000000448. The molecule has 0 radical (unpaired) electrons. The van der Waals surface area contributed by atoms with Crippen molar-refractivity contribution >= 4 is 34.9 Å². The number of halogens is 3. The molecule has 1 atom stereocenters. The van der Waals surface area contributed by atoms with E-state index in [9.17, 15) is 27.9 Å². The average molecular weight is 541 g/mol. The average Bonchev–Trinajstić information content (AvgIpc) is 3.41. The van der Waals surface area contributed by atoms with Crippen LogP contribution in [0, 0.1) is 0 Å². The number of aliphatic carboxylic acids is 1. The number of alkyl halides is 3. The van der Waals surface area contributed by atoms with Crippen LogP contribution in [0.15, 0.2) is 72.8 Å². The number of H-pyrrole nitrogens is 1. The highest BCUT2D eigenvalue weighted by Gasteiger charge is 2.49. The number of rotatable bonds is 4. The second-order valence-corrected chi connectivity index (χ2v) is 8.42. The monoisotopic (exact) mass is 541 g/mol. The molecule has 0 fully saturated rings. The van der Waals surface area contributed by atoms with Gasteiger partial charge in [0.25, 0.3) is 5.91 Å². The number of carbonyl (C=O) groups is 3. The van der Waals surface area contributed by atoms with Crippen LogP contribution in [-0.2, 0) is 17.1 Å². The van der Waals surface area contributed by atoms with Gasteiger partial charge in [-0.1, -0.05) is 54.6 Å². The van der Waals surface area contributed by atoms with Crippen molar-refractivity contribution in [3.63, 3.8) is 0 Å². The Morgan fingerprint density at radius 3 is 2.33 bits per heavy atom. The zero-order valence-electron chi connectivity index (χ0n) is 20.3. The molecule has 1 aromatic heterocycles. The van der Waals surface area contributed by atoms with Crippen LogP contribution in [-0.4, -0.2) is 56.2 Å². The van der Waals surface area contributed by atoms with E-state index in [4.69, 9.17) is 9.90 Å². The molecule has 1 aliphatic heterocycles. The molecule has 0 spiro atoms. The zero-order chi connectivity index (χ0) is 28.4. The Hall–Kier alpha value is -4.91. The van der Waals surface area contributed by atoms with Gasteiger partial charge in [0, 0.05) is 30.3 Å². The molecule has 3 aromatic carbocycles. The molecule has 39 heavy (non-hydrogen) atoms. The van der Waals surface area contributed by atoms with Crippen LogP contribution in [0.4, 0.5) is 23.9 Å². The highest BCUT2D eigenvalue weighted by atomic mass is 19.4. The number of carboxylic acids is 1. The number of carbonyl (C=O) groups excluding carboxylic acids is 2. The number of benzene rings is 3. The predicted molar refractivity (Wildman–Crippen MR) is 134 cm³/mol. The van der Waals surface area contributed by atoms with E-state index in [1.165, 1.54) is 11.9 Å². The quantitative estimate of drug-likeness (QED) is 0.266. The fourth-order valence-corrected chi connectivity index (χ4v) is 4.13. The largest absolute Gasteiger partial charge is 0.490 e. The van der Waals surface area contributed by atoms with Crippen molar-refractivity contribution in [2.45, 2.75) is 18.4 Å². The minimum atomic E-state index is -5.08. The summed E-state index contributed by atoms with van der Waals surface area (Å²) < 4.78 is 31.7. The fourth-order valence-electron chi connectivity index (χ4n) is 4.13. The van der Waals surface area contributed by atoms with Gasteiger partial charge in [-0.2, -0.15) is 13.2 Å². The lowest BCUT2D eigenvalue weighted by Gasteiger charge is -2.35. The van der Waals surface area contributed by atoms with E-state index < -0.39 is 23.9 Å². The molecule has 3 amide bonds. The van der Waals surface area contributed by atoms with E-state index in [2.05, 4.69) is 20.6 Å². The second kappa shape index (κ2) is 10.5. The van der Waals surface area contributed by atoms with Gasteiger partial charge in [-0.25, -0.2) is 14.6 Å². The Morgan fingerprint density at radius 1 is 1.05 bits per heavy atom. The molecule has 10 nitrogen and oxygen atoms in total. The van der Waals surface area contributed by atoms with Gasteiger partial charge in [-0.3, -0.25) is 15.0 Å². The summed E-state index contributed by atoms with van der Waals surface area (Å²) >= 11 is 0. The molecule has 1 unspecified atom stereocenters. The first-order chi connectivity index (χ1) is 18.4. The van der Waals surface area contributed by atoms with E-state index in [1.807, 2.05) is 36.4 Å². The molecular formula is C26H22F3N5O5. The summed E-state index contributed by atoms with van der Waals surface area (Å²) in [6.45, 7) is 0.243. The number of anilines is 1. The summed E-state index contributed by atoms with van der Waals surface area (Å²) in [7, 11) is 1.52. The normalized spacial score (nSPS) is 16.3. The predicted octanol–water partition coefficient (Wildman–Crippen LogP) is 3.80. The maximum Gasteiger partial charge on any atom is 0.490 e. The third-order valence-electron chi connectivity index (χ3n) is 5.94. The summed E-state index contributed by atoms with van der Waals surface area (Å²) in [6, 6.07) is 21.5. The Kier molecular flexibility index (Phi) is 7.27. The van der Waals surface area contributed by atoms with E-state index in [0.29, 0.717) is 27.7 Å². The van der Waals surface area contributed by atoms with Crippen molar-refractivity contribution in [2.75, 3.05) is 12.4 Å². The first kappa shape index (κ1) is 27.1. The van der Waals surface area contributed by atoms with Crippen molar-refractivity contribution in [1.29, 1.82) is 0 Å². The summed E-state index contributed by atoms with van der Waals surface area (Å²) in [5.74, 6) is -2.71. The molecule has 4 aromatic rings. The van der Waals surface area contributed by atoms with Gasteiger partial charge in [0.05, 0.1) is 11.0 Å². The highest BCUT2D eigenvalue weighted by molar-refractivity contribution is 6.00. The molecule has 202 valence electrons. The van der Waals surface area contributed by atoms with Crippen LogP contribution in [0.25, 0.3) is 11.0 Å².